The SMILES string of the molecule is CN(CCN)c1cnn(Cc2cc(F)cc(Br)c2)c(=O)c1. The van der Waals surface area contributed by atoms with Gasteiger partial charge in [0.1, 0.15) is 5.82 Å². The third-order valence-electron chi connectivity index (χ3n) is 3.02. The molecule has 1 heterocycles. The molecule has 2 rings (SSSR count). The highest BCUT2D eigenvalue weighted by atomic mass is 79.9. The van der Waals surface area contributed by atoms with Crippen LogP contribution in [-0.4, -0.2) is 29.9 Å². The standard InChI is InChI=1S/C14H16BrFN4O/c1-19(3-2-17)13-7-14(21)20(18-8-13)9-10-4-11(15)6-12(16)5-10/h4-8H,2-3,9,17H2,1H3. The molecule has 1 aromatic heterocycles. The molecular formula is C14H16BrFN4O. The molecule has 0 atom stereocenters. The van der Waals surface area contributed by atoms with E-state index < -0.39 is 0 Å². The van der Waals surface area contributed by atoms with Crippen LogP contribution in [0.3, 0.4) is 0 Å². The Morgan fingerprint density at radius 2 is 2.14 bits per heavy atom. The Bertz CT molecular complexity index is 669. The van der Waals surface area contributed by atoms with Crippen LogP contribution in [0.25, 0.3) is 0 Å². The molecule has 0 aliphatic heterocycles. The maximum atomic E-state index is 13.3. The zero-order chi connectivity index (χ0) is 15.4. The minimum Gasteiger partial charge on any atom is -0.372 e. The smallest absolute Gasteiger partial charge is 0.269 e. The minimum atomic E-state index is -0.355. The van der Waals surface area contributed by atoms with Crippen LogP contribution in [0.5, 0.6) is 0 Å². The zero-order valence-electron chi connectivity index (χ0n) is 11.6. The van der Waals surface area contributed by atoms with Gasteiger partial charge in [0.2, 0.25) is 0 Å². The highest BCUT2D eigenvalue weighted by Crippen LogP contribution is 2.15. The highest BCUT2D eigenvalue weighted by molar-refractivity contribution is 9.10. The normalized spacial score (nSPS) is 10.7. The molecule has 21 heavy (non-hydrogen) atoms. The first-order valence-electron chi connectivity index (χ1n) is 6.43. The van der Waals surface area contributed by atoms with E-state index in [2.05, 4.69) is 21.0 Å². The largest absolute Gasteiger partial charge is 0.372 e. The lowest BCUT2D eigenvalue weighted by atomic mass is 10.2. The lowest BCUT2D eigenvalue weighted by Crippen LogP contribution is -2.29. The fraction of sp³-hybridized carbons (Fsp3) is 0.286. The number of hydrogen-bond donors (Lipinski definition) is 1. The number of nitrogens with two attached hydrogens (primary N) is 1. The van der Waals surface area contributed by atoms with Gasteiger partial charge in [-0.25, -0.2) is 9.07 Å². The molecule has 1 aromatic carbocycles. The first kappa shape index (κ1) is 15.7. The number of likely N-dealkylation sites (N-methyl/N-ethyl adjacent to an activating group) is 1. The first-order valence-corrected chi connectivity index (χ1v) is 7.22. The molecule has 0 spiro atoms. The molecule has 0 radical (unpaired) electrons. The van der Waals surface area contributed by atoms with Gasteiger partial charge >= 0.3 is 0 Å². The number of hydrogen-bond acceptors (Lipinski definition) is 4. The van der Waals surface area contributed by atoms with E-state index in [9.17, 15) is 9.18 Å². The van der Waals surface area contributed by atoms with Crippen LogP contribution in [0.15, 0.2) is 39.7 Å². The van der Waals surface area contributed by atoms with Gasteiger partial charge in [0.05, 0.1) is 18.4 Å². The van der Waals surface area contributed by atoms with Gasteiger partial charge in [-0.2, -0.15) is 5.10 Å². The van der Waals surface area contributed by atoms with Gasteiger partial charge in [0.25, 0.3) is 5.56 Å². The van der Waals surface area contributed by atoms with E-state index in [1.807, 2.05) is 11.9 Å². The molecule has 0 unspecified atom stereocenters. The highest BCUT2D eigenvalue weighted by Gasteiger charge is 2.06. The van der Waals surface area contributed by atoms with E-state index in [-0.39, 0.29) is 17.9 Å². The average molecular weight is 355 g/mol. The Kier molecular flexibility index (Phi) is 5.08. The second-order valence-corrected chi connectivity index (χ2v) is 5.61. The number of halogens is 2. The van der Waals surface area contributed by atoms with Crippen LogP contribution in [-0.2, 0) is 6.54 Å². The molecule has 5 nitrogen and oxygen atoms in total. The van der Waals surface area contributed by atoms with Gasteiger partial charge < -0.3 is 10.6 Å². The molecule has 0 aliphatic carbocycles. The van der Waals surface area contributed by atoms with Crippen LogP contribution >= 0.6 is 15.9 Å². The molecule has 112 valence electrons. The Balaban J connectivity index is 2.23. The second-order valence-electron chi connectivity index (χ2n) is 4.70. The summed E-state index contributed by atoms with van der Waals surface area (Å²) in [5, 5.41) is 4.12. The molecule has 7 heteroatoms. The van der Waals surface area contributed by atoms with Crippen molar-refractivity contribution in [3.05, 3.63) is 56.7 Å². The van der Waals surface area contributed by atoms with Crippen LogP contribution in [0.2, 0.25) is 0 Å². The van der Waals surface area contributed by atoms with E-state index in [0.29, 0.717) is 28.8 Å². The van der Waals surface area contributed by atoms with Crippen molar-refractivity contribution in [3.8, 4) is 0 Å². The summed E-state index contributed by atoms with van der Waals surface area (Å²) >= 11 is 3.23. The van der Waals surface area contributed by atoms with Gasteiger partial charge in [0, 0.05) is 30.7 Å². The zero-order valence-corrected chi connectivity index (χ0v) is 13.2. The Hall–Kier alpha value is -1.73. The van der Waals surface area contributed by atoms with E-state index in [1.54, 1.807) is 12.3 Å². The van der Waals surface area contributed by atoms with Gasteiger partial charge in [0.15, 0.2) is 0 Å². The van der Waals surface area contributed by atoms with Crippen molar-refractivity contribution < 1.29 is 4.39 Å². The topological polar surface area (TPSA) is 64.2 Å². The van der Waals surface area contributed by atoms with Crippen LogP contribution in [0, 0.1) is 5.82 Å². The van der Waals surface area contributed by atoms with Gasteiger partial charge in [-0.05, 0) is 23.8 Å². The summed E-state index contributed by atoms with van der Waals surface area (Å²) in [6, 6.07) is 6.00. The third-order valence-corrected chi connectivity index (χ3v) is 3.47. The van der Waals surface area contributed by atoms with Crippen LogP contribution < -0.4 is 16.2 Å². The average Bonchev–Trinajstić information content (AvgIpc) is 2.40. The van der Waals surface area contributed by atoms with E-state index in [0.717, 1.165) is 0 Å². The lowest BCUT2D eigenvalue weighted by molar-refractivity contribution is 0.609. The van der Waals surface area contributed by atoms with Crippen molar-refractivity contribution in [1.29, 1.82) is 0 Å². The van der Waals surface area contributed by atoms with E-state index in [1.165, 1.54) is 22.9 Å². The summed E-state index contributed by atoms with van der Waals surface area (Å²) in [5.41, 5.74) is 6.62. The number of nitrogens with zero attached hydrogens (tertiary/aromatic N) is 3. The third kappa shape index (κ3) is 4.12. The van der Waals surface area contributed by atoms with E-state index >= 15 is 0 Å². The van der Waals surface area contributed by atoms with Crippen molar-refractivity contribution >= 4 is 21.6 Å². The van der Waals surface area contributed by atoms with E-state index in [4.69, 9.17) is 5.73 Å². The summed E-state index contributed by atoms with van der Waals surface area (Å²) in [4.78, 5) is 13.9. The molecule has 2 aromatic rings. The minimum absolute atomic E-state index is 0.218. The maximum Gasteiger partial charge on any atom is 0.269 e. The number of rotatable bonds is 5. The Morgan fingerprint density at radius 3 is 2.76 bits per heavy atom. The first-order chi connectivity index (χ1) is 9.99. The van der Waals surface area contributed by atoms with Crippen LogP contribution in [0.4, 0.5) is 10.1 Å². The summed E-state index contributed by atoms with van der Waals surface area (Å²) in [5.74, 6) is -0.355. The molecule has 0 bridgehead atoms. The van der Waals surface area contributed by atoms with Gasteiger partial charge in [-0.1, -0.05) is 15.9 Å². The van der Waals surface area contributed by atoms with Crippen molar-refractivity contribution in [2.45, 2.75) is 6.54 Å². The summed E-state index contributed by atoms with van der Waals surface area (Å²) < 4.78 is 15.3. The molecular weight excluding hydrogens is 339 g/mol. The second kappa shape index (κ2) is 6.82. The summed E-state index contributed by atoms with van der Waals surface area (Å²) in [7, 11) is 1.84. The van der Waals surface area contributed by atoms with Crippen molar-refractivity contribution in [2.24, 2.45) is 5.73 Å². The Labute approximate surface area is 130 Å². The van der Waals surface area contributed by atoms with Crippen molar-refractivity contribution in [1.82, 2.24) is 9.78 Å². The number of anilines is 1. The molecule has 0 saturated heterocycles. The number of aromatic nitrogens is 2. The fourth-order valence-electron chi connectivity index (χ4n) is 1.95. The molecule has 0 fully saturated rings. The molecule has 2 N–H and O–H groups in total. The monoisotopic (exact) mass is 354 g/mol. The molecule has 0 amide bonds. The van der Waals surface area contributed by atoms with Crippen LogP contribution in [0.1, 0.15) is 5.56 Å². The fourth-order valence-corrected chi connectivity index (χ4v) is 2.46. The summed E-state index contributed by atoms with van der Waals surface area (Å²) in [6.45, 7) is 1.36. The van der Waals surface area contributed by atoms with Gasteiger partial charge in [-0.15, -0.1) is 0 Å². The molecule has 0 saturated carbocycles. The number of benzene rings is 1. The predicted octanol–water partition coefficient (Wildman–Crippen LogP) is 1.59. The Morgan fingerprint density at radius 1 is 1.38 bits per heavy atom. The quantitative estimate of drug-likeness (QED) is 0.885. The van der Waals surface area contributed by atoms with Crippen molar-refractivity contribution in [2.75, 3.05) is 25.0 Å². The lowest BCUT2D eigenvalue weighted by Gasteiger charge is -2.17. The maximum absolute atomic E-state index is 13.3. The summed E-state index contributed by atoms with van der Waals surface area (Å²) in [6.07, 6.45) is 1.60. The predicted molar refractivity (Wildman–Crippen MR) is 84.0 cm³/mol. The van der Waals surface area contributed by atoms with Gasteiger partial charge in [-0.3, -0.25) is 4.79 Å². The molecule has 0 aliphatic rings. The van der Waals surface area contributed by atoms with Crippen molar-refractivity contribution in [3.63, 3.8) is 0 Å².